The molecule has 0 aliphatic carbocycles. The summed E-state index contributed by atoms with van der Waals surface area (Å²) >= 11 is 0. The van der Waals surface area contributed by atoms with Crippen molar-refractivity contribution in [3.05, 3.63) is 47.9 Å². The molecule has 114 valence electrons. The van der Waals surface area contributed by atoms with Gasteiger partial charge in [-0.2, -0.15) is 0 Å². The second-order valence-electron chi connectivity index (χ2n) is 5.28. The van der Waals surface area contributed by atoms with Crippen LogP contribution >= 0.6 is 0 Å². The number of nitrogens with one attached hydrogen (secondary N) is 2. The van der Waals surface area contributed by atoms with Gasteiger partial charge >= 0.3 is 0 Å². The highest BCUT2D eigenvalue weighted by atomic mass is 16.5. The van der Waals surface area contributed by atoms with Gasteiger partial charge in [0.25, 0.3) is 17.4 Å². The summed E-state index contributed by atoms with van der Waals surface area (Å²) in [6.45, 7) is 3.46. The molecule has 1 aliphatic rings. The zero-order chi connectivity index (χ0) is 15.7. The van der Waals surface area contributed by atoms with Crippen molar-refractivity contribution in [3.63, 3.8) is 0 Å². The summed E-state index contributed by atoms with van der Waals surface area (Å²) in [5.74, 6) is 0.823. The third-order valence-electron chi connectivity index (χ3n) is 3.54. The zero-order valence-electron chi connectivity index (χ0n) is 12.3. The number of rotatable bonds is 3. The molecule has 6 heteroatoms. The van der Waals surface area contributed by atoms with Gasteiger partial charge in [0.05, 0.1) is 12.2 Å². The van der Waals surface area contributed by atoms with Crippen LogP contribution in [0.15, 0.2) is 40.8 Å². The van der Waals surface area contributed by atoms with Gasteiger partial charge in [-0.1, -0.05) is 12.1 Å². The van der Waals surface area contributed by atoms with Crippen molar-refractivity contribution in [1.82, 2.24) is 5.32 Å². The molecule has 0 fully saturated rings. The molecule has 0 unspecified atom stereocenters. The first-order valence-corrected chi connectivity index (χ1v) is 6.92. The molecule has 6 nitrogen and oxygen atoms in total. The number of aryl methyl sites for hydroxylation is 1. The first kappa shape index (κ1) is 14.2. The van der Waals surface area contributed by atoms with Crippen LogP contribution in [0.4, 0.5) is 5.69 Å². The van der Waals surface area contributed by atoms with E-state index in [4.69, 9.17) is 9.15 Å². The van der Waals surface area contributed by atoms with Gasteiger partial charge in [0.1, 0.15) is 17.3 Å². The Hall–Kier alpha value is -2.76. The summed E-state index contributed by atoms with van der Waals surface area (Å²) in [6, 6.07) is 10.6. The van der Waals surface area contributed by atoms with E-state index in [0.717, 1.165) is 5.76 Å². The van der Waals surface area contributed by atoms with Gasteiger partial charge in [-0.15, -0.1) is 0 Å². The van der Waals surface area contributed by atoms with Crippen LogP contribution in [0.5, 0.6) is 5.75 Å². The minimum absolute atomic E-state index is 0.195. The van der Waals surface area contributed by atoms with Crippen molar-refractivity contribution in [1.29, 1.82) is 0 Å². The topological polar surface area (TPSA) is 80.6 Å². The molecule has 2 N–H and O–H groups in total. The molecule has 0 radical (unpaired) electrons. The van der Waals surface area contributed by atoms with Crippen LogP contribution in [0, 0.1) is 6.92 Å². The Morgan fingerprint density at radius 3 is 2.77 bits per heavy atom. The van der Waals surface area contributed by atoms with E-state index in [1.807, 2.05) is 13.0 Å². The zero-order valence-corrected chi connectivity index (χ0v) is 12.3. The Kier molecular flexibility index (Phi) is 3.36. The van der Waals surface area contributed by atoms with Crippen LogP contribution in [-0.4, -0.2) is 17.4 Å². The van der Waals surface area contributed by atoms with E-state index < -0.39 is 17.4 Å². The maximum absolute atomic E-state index is 12.4. The van der Waals surface area contributed by atoms with Crippen molar-refractivity contribution in [2.75, 3.05) is 5.32 Å². The SMILES string of the molecule is Cc1ccc(CNC(=O)[C@@]2(C)Oc3ccccc3NC2=O)o1. The van der Waals surface area contributed by atoms with Gasteiger partial charge in [0.15, 0.2) is 0 Å². The van der Waals surface area contributed by atoms with Crippen molar-refractivity contribution >= 4 is 17.5 Å². The van der Waals surface area contributed by atoms with Crippen molar-refractivity contribution in [2.24, 2.45) is 0 Å². The third-order valence-corrected chi connectivity index (χ3v) is 3.54. The van der Waals surface area contributed by atoms with E-state index in [9.17, 15) is 9.59 Å². The number of amides is 2. The average Bonchev–Trinajstić information content (AvgIpc) is 2.91. The number of benzene rings is 1. The first-order chi connectivity index (χ1) is 10.5. The number of hydrogen-bond acceptors (Lipinski definition) is 4. The normalized spacial score (nSPS) is 19.8. The Morgan fingerprint density at radius 1 is 1.27 bits per heavy atom. The molecule has 0 spiro atoms. The predicted octanol–water partition coefficient (Wildman–Crippen LogP) is 1.99. The lowest BCUT2D eigenvalue weighted by Crippen LogP contribution is -2.58. The molecule has 1 aromatic carbocycles. The standard InChI is InChI=1S/C16H16N2O4/c1-10-7-8-11(21-10)9-17-14(19)16(2)15(20)18-12-5-3-4-6-13(12)22-16/h3-8H,9H2,1-2H3,(H,17,19)(H,18,20)/t16-/m1/s1. The molecule has 2 aromatic rings. The van der Waals surface area contributed by atoms with Gasteiger partial charge in [-0.25, -0.2) is 0 Å². The molecule has 2 amide bonds. The average molecular weight is 300 g/mol. The van der Waals surface area contributed by atoms with Crippen LogP contribution in [0.1, 0.15) is 18.4 Å². The van der Waals surface area contributed by atoms with E-state index in [1.165, 1.54) is 6.92 Å². The lowest BCUT2D eigenvalue weighted by Gasteiger charge is -2.33. The summed E-state index contributed by atoms with van der Waals surface area (Å²) in [5.41, 5.74) is -1.06. The summed E-state index contributed by atoms with van der Waals surface area (Å²) in [7, 11) is 0. The van der Waals surface area contributed by atoms with Gasteiger partial charge in [-0.05, 0) is 38.1 Å². The molecular weight excluding hydrogens is 284 g/mol. The number of anilines is 1. The highest BCUT2D eigenvalue weighted by Gasteiger charge is 2.47. The second kappa shape index (κ2) is 5.22. The predicted molar refractivity (Wildman–Crippen MR) is 79.4 cm³/mol. The fraction of sp³-hybridized carbons (Fsp3) is 0.250. The van der Waals surface area contributed by atoms with Crippen LogP contribution in [0.2, 0.25) is 0 Å². The Balaban J connectivity index is 1.75. The smallest absolute Gasteiger partial charge is 0.278 e. The van der Waals surface area contributed by atoms with E-state index in [-0.39, 0.29) is 6.54 Å². The number of fused-ring (bicyclic) bond motifs is 1. The summed E-state index contributed by atoms with van der Waals surface area (Å²) in [5, 5.41) is 5.35. The molecule has 0 bridgehead atoms. The van der Waals surface area contributed by atoms with E-state index in [0.29, 0.717) is 17.2 Å². The molecule has 1 aromatic heterocycles. The number of hydrogen-bond donors (Lipinski definition) is 2. The van der Waals surface area contributed by atoms with Crippen LogP contribution in [0.25, 0.3) is 0 Å². The maximum Gasteiger partial charge on any atom is 0.278 e. The van der Waals surface area contributed by atoms with Crippen LogP contribution < -0.4 is 15.4 Å². The Bertz CT molecular complexity index is 737. The van der Waals surface area contributed by atoms with Crippen molar-refractivity contribution < 1.29 is 18.7 Å². The van der Waals surface area contributed by atoms with E-state index in [2.05, 4.69) is 10.6 Å². The summed E-state index contributed by atoms with van der Waals surface area (Å²) in [6.07, 6.45) is 0. The van der Waals surface area contributed by atoms with Gasteiger partial charge in [0, 0.05) is 0 Å². The highest BCUT2D eigenvalue weighted by molar-refractivity contribution is 6.15. The Labute approximate surface area is 127 Å². The van der Waals surface area contributed by atoms with Crippen LogP contribution in [-0.2, 0) is 16.1 Å². The summed E-state index contributed by atoms with van der Waals surface area (Å²) < 4.78 is 11.0. The number of carbonyl (C=O) groups is 2. The third kappa shape index (κ3) is 2.43. The van der Waals surface area contributed by atoms with Gasteiger partial charge in [0.2, 0.25) is 0 Å². The van der Waals surface area contributed by atoms with E-state index >= 15 is 0 Å². The minimum atomic E-state index is -1.62. The Morgan fingerprint density at radius 2 is 2.05 bits per heavy atom. The van der Waals surface area contributed by atoms with Gasteiger partial charge < -0.3 is 19.8 Å². The largest absolute Gasteiger partial charge is 0.466 e. The number of para-hydroxylation sites is 2. The minimum Gasteiger partial charge on any atom is -0.466 e. The molecular formula is C16H16N2O4. The maximum atomic E-state index is 12.4. The number of ether oxygens (including phenoxy) is 1. The molecule has 1 atom stereocenters. The fourth-order valence-electron chi connectivity index (χ4n) is 2.23. The lowest BCUT2D eigenvalue weighted by atomic mass is 10.0. The molecule has 3 rings (SSSR count). The molecule has 1 aliphatic heterocycles. The molecule has 0 saturated heterocycles. The quantitative estimate of drug-likeness (QED) is 0.850. The van der Waals surface area contributed by atoms with Crippen molar-refractivity contribution in [3.8, 4) is 5.75 Å². The first-order valence-electron chi connectivity index (χ1n) is 6.92. The van der Waals surface area contributed by atoms with E-state index in [1.54, 1.807) is 30.3 Å². The van der Waals surface area contributed by atoms with Crippen LogP contribution in [0.3, 0.4) is 0 Å². The number of carbonyl (C=O) groups excluding carboxylic acids is 2. The molecule has 0 saturated carbocycles. The summed E-state index contributed by atoms with van der Waals surface area (Å²) in [4.78, 5) is 24.6. The fourth-order valence-corrected chi connectivity index (χ4v) is 2.23. The molecule has 22 heavy (non-hydrogen) atoms. The lowest BCUT2D eigenvalue weighted by molar-refractivity contribution is -0.146. The highest BCUT2D eigenvalue weighted by Crippen LogP contribution is 2.33. The number of furan rings is 1. The second-order valence-corrected chi connectivity index (χ2v) is 5.28. The van der Waals surface area contributed by atoms with Crippen molar-refractivity contribution in [2.45, 2.75) is 26.0 Å². The monoisotopic (exact) mass is 300 g/mol. The molecule has 2 heterocycles. The van der Waals surface area contributed by atoms with Gasteiger partial charge in [-0.3, -0.25) is 9.59 Å².